The van der Waals surface area contributed by atoms with Gasteiger partial charge in [-0.25, -0.2) is 14.4 Å². The summed E-state index contributed by atoms with van der Waals surface area (Å²) in [6.07, 6.45) is 11.7. The normalized spacial score (nSPS) is 16.7. The number of hydrogen-bond donors (Lipinski definition) is 3. The number of allylic oxidation sites excluding steroid dienone is 2. The number of rotatable bonds is 18. The van der Waals surface area contributed by atoms with Crippen LogP contribution in [-0.4, -0.2) is 62.4 Å². The van der Waals surface area contributed by atoms with Gasteiger partial charge in [0, 0.05) is 25.7 Å². The van der Waals surface area contributed by atoms with Crippen LogP contribution in [0.1, 0.15) is 91.9 Å². The number of aliphatic carboxylic acids is 3. The maximum Gasteiger partial charge on any atom is 0.362 e. The minimum Gasteiger partial charge on any atom is -0.477 e. The third kappa shape index (κ3) is 7.74. The van der Waals surface area contributed by atoms with Gasteiger partial charge >= 0.3 is 17.9 Å². The average Bonchev–Trinajstić information content (AvgIpc) is 2.67. The lowest BCUT2D eigenvalue weighted by Crippen LogP contribution is -2.72. The van der Waals surface area contributed by atoms with Crippen LogP contribution in [0.3, 0.4) is 0 Å². The molecule has 0 aliphatic heterocycles. The molecular weight excluding hydrogens is 386 g/mol. The first-order valence-electron chi connectivity index (χ1n) is 11.4. The first kappa shape index (κ1) is 28.1. The summed E-state index contributed by atoms with van der Waals surface area (Å²) in [5, 5.41) is 29.7. The van der Waals surface area contributed by atoms with Crippen molar-refractivity contribution in [1.82, 2.24) is 0 Å². The van der Waals surface area contributed by atoms with Gasteiger partial charge in [0.2, 0.25) is 0 Å². The molecular formula is C23H42NO6+. The summed E-state index contributed by atoms with van der Waals surface area (Å²) in [5.74, 6) is -3.41. The molecule has 0 bridgehead atoms. The van der Waals surface area contributed by atoms with Gasteiger partial charge in [0.1, 0.15) is 0 Å². The van der Waals surface area contributed by atoms with Crippen LogP contribution in [0, 0.1) is 0 Å². The van der Waals surface area contributed by atoms with Crippen molar-refractivity contribution >= 4 is 17.9 Å². The molecule has 0 aliphatic rings. The SMILES string of the molecule is CCCCCC/C=C/CCC[N+](C(CC)C(=O)O)(C(CC)C(=O)O)C(CC)C(=O)O. The van der Waals surface area contributed by atoms with E-state index in [1.54, 1.807) is 20.8 Å². The van der Waals surface area contributed by atoms with Gasteiger partial charge in [-0.15, -0.1) is 0 Å². The van der Waals surface area contributed by atoms with E-state index in [0.717, 1.165) is 12.8 Å². The van der Waals surface area contributed by atoms with Gasteiger partial charge in [-0.2, -0.15) is 0 Å². The molecule has 3 atom stereocenters. The van der Waals surface area contributed by atoms with Crippen LogP contribution >= 0.6 is 0 Å². The van der Waals surface area contributed by atoms with E-state index >= 15 is 0 Å². The van der Waals surface area contributed by atoms with Crippen molar-refractivity contribution in [1.29, 1.82) is 0 Å². The first-order chi connectivity index (χ1) is 14.2. The first-order valence-corrected chi connectivity index (χ1v) is 11.4. The fourth-order valence-corrected chi connectivity index (χ4v) is 4.69. The fraction of sp³-hybridized carbons (Fsp3) is 0.783. The molecule has 174 valence electrons. The highest BCUT2D eigenvalue weighted by molar-refractivity contribution is 5.78. The summed E-state index contributed by atoms with van der Waals surface area (Å²) in [6, 6.07) is -3.24. The minimum atomic E-state index is -1.14. The Balaban J connectivity index is 5.73. The van der Waals surface area contributed by atoms with Crippen molar-refractivity contribution in [2.24, 2.45) is 0 Å². The van der Waals surface area contributed by atoms with E-state index in [-0.39, 0.29) is 25.8 Å². The molecule has 0 saturated heterocycles. The largest absolute Gasteiger partial charge is 0.477 e. The highest BCUT2D eigenvalue weighted by Crippen LogP contribution is 2.32. The van der Waals surface area contributed by atoms with E-state index in [2.05, 4.69) is 13.0 Å². The zero-order valence-electron chi connectivity index (χ0n) is 19.2. The molecule has 7 nitrogen and oxygen atoms in total. The van der Waals surface area contributed by atoms with E-state index < -0.39 is 40.5 Å². The number of carbonyl (C=O) groups is 3. The molecule has 0 amide bonds. The topological polar surface area (TPSA) is 112 Å². The quantitative estimate of drug-likeness (QED) is 0.166. The number of unbranched alkanes of at least 4 members (excludes halogenated alkanes) is 5. The van der Waals surface area contributed by atoms with Gasteiger partial charge in [0.05, 0.1) is 6.54 Å². The Kier molecular flexibility index (Phi) is 14.0. The van der Waals surface area contributed by atoms with Gasteiger partial charge in [-0.1, -0.05) is 59.1 Å². The summed E-state index contributed by atoms with van der Waals surface area (Å²) in [5.41, 5.74) is 0. The van der Waals surface area contributed by atoms with E-state index in [9.17, 15) is 29.7 Å². The summed E-state index contributed by atoms with van der Waals surface area (Å²) in [7, 11) is 0. The minimum absolute atomic E-state index is 0.177. The predicted octanol–water partition coefficient (Wildman–Crippen LogP) is 4.70. The third-order valence-electron chi connectivity index (χ3n) is 6.06. The van der Waals surface area contributed by atoms with Gasteiger partial charge in [0.15, 0.2) is 18.1 Å². The molecule has 30 heavy (non-hydrogen) atoms. The number of hydrogen-bond acceptors (Lipinski definition) is 3. The molecule has 0 radical (unpaired) electrons. The second-order valence-corrected chi connectivity index (χ2v) is 7.97. The van der Waals surface area contributed by atoms with Crippen molar-refractivity contribution < 1.29 is 34.2 Å². The lowest BCUT2D eigenvalue weighted by molar-refractivity contribution is -0.973. The smallest absolute Gasteiger partial charge is 0.362 e. The van der Waals surface area contributed by atoms with Crippen LogP contribution in [0.4, 0.5) is 0 Å². The van der Waals surface area contributed by atoms with Crippen LogP contribution in [-0.2, 0) is 14.4 Å². The number of carboxylic acid groups (broad SMARTS) is 3. The van der Waals surface area contributed by atoms with Crippen molar-refractivity contribution in [3.05, 3.63) is 12.2 Å². The molecule has 0 aromatic heterocycles. The predicted molar refractivity (Wildman–Crippen MR) is 117 cm³/mol. The Morgan fingerprint density at radius 3 is 1.40 bits per heavy atom. The summed E-state index contributed by atoms with van der Waals surface area (Å²) in [4.78, 5) is 36.3. The van der Waals surface area contributed by atoms with E-state index in [1.165, 1.54) is 19.3 Å². The highest BCUT2D eigenvalue weighted by Gasteiger charge is 2.55. The van der Waals surface area contributed by atoms with E-state index in [1.807, 2.05) is 6.08 Å². The molecule has 0 spiro atoms. The van der Waals surface area contributed by atoms with Crippen LogP contribution in [0.25, 0.3) is 0 Å². The number of nitrogens with zero attached hydrogens (tertiary/aromatic N) is 1. The molecule has 7 heteroatoms. The number of carboxylic acids is 3. The van der Waals surface area contributed by atoms with Crippen molar-refractivity contribution in [2.75, 3.05) is 6.54 Å². The molecule has 0 aromatic carbocycles. The Hall–Kier alpha value is -1.89. The summed E-state index contributed by atoms with van der Waals surface area (Å²) in [6.45, 7) is 7.43. The Morgan fingerprint density at radius 2 is 1.07 bits per heavy atom. The monoisotopic (exact) mass is 428 g/mol. The van der Waals surface area contributed by atoms with Crippen LogP contribution in [0.5, 0.6) is 0 Å². The highest BCUT2D eigenvalue weighted by atomic mass is 16.4. The van der Waals surface area contributed by atoms with Crippen molar-refractivity contribution in [2.45, 2.75) is 110 Å². The van der Waals surface area contributed by atoms with Gasteiger partial charge in [-0.3, -0.25) is 4.48 Å². The zero-order valence-corrected chi connectivity index (χ0v) is 19.2. The molecule has 0 aliphatic carbocycles. The molecule has 0 saturated carbocycles. The zero-order chi connectivity index (χ0) is 23.2. The summed E-state index contributed by atoms with van der Waals surface area (Å²) >= 11 is 0. The van der Waals surface area contributed by atoms with Crippen LogP contribution in [0.2, 0.25) is 0 Å². The maximum absolute atomic E-state index is 12.1. The Morgan fingerprint density at radius 1 is 0.667 bits per heavy atom. The molecule has 3 unspecified atom stereocenters. The van der Waals surface area contributed by atoms with E-state index in [0.29, 0.717) is 12.8 Å². The second kappa shape index (κ2) is 15.0. The van der Waals surface area contributed by atoms with E-state index in [4.69, 9.17) is 0 Å². The lowest BCUT2D eigenvalue weighted by atomic mass is 9.94. The standard InChI is InChI=1S/C23H41NO6/c1-5-9-10-11-12-13-14-15-16-17-24(18(6-2)21(25)26,19(7-3)22(27)28)20(8-4)23(29)30/h13-14,18-20H,5-12,15-17H2,1-4H3,(H2-,25,26,27,28,29,30)/p+1/b14-13+. The van der Waals surface area contributed by atoms with Crippen molar-refractivity contribution in [3.63, 3.8) is 0 Å². The molecule has 0 rings (SSSR count). The number of quaternary nitrogens is 1. The van der Waals surface area contributed by atoms with Crippen molar-refractivity contribution in [3.8, 4) is 0 Å². The Bertz CT molecular complexity index is 505. The molecule has 3 N–H and O–H groups in total. The van der Waals surface area contributed by atoms with Gasteiger partial charge in [0.25, 0.3) is 0 Å². The molecule has 0 fully saturated rings. The fourth-order valence-electron chi connectivity index (χ4n) is 4.69. The molecule has 0 aromatic rings. The summed E-state index contributed by atoms with van der Waals surface area (Å²) < 4.78 is -0.437. The van der Waals surface area contributed by atoms with Crippen LogP contribution < -0.4 is 0 Å². The molecule has 0 heterocycles. The average molecular weight is 429 g/mol. The second-order valence-electron chi connectivity index (χ2n) is 7.97. The lowest BCUT2D eigenvalue weighted by Gasteiger charge is -2.49. The Labute approximate surface area is 181 Å². The maximum atomic E-state index is 12.1. The van der Waals surface area contributed by atoms with Crippen LogP contribution in [0.15, 0.2) is 12.2 Å². The van der Waals surface area contributed by atoms with Gasteiger partial charge < -0.3 is 15.3 Å². The van der Waals surface area contributed by atoms with Gasteiger partial charge in [-0.05, 0) is 19.3 Å². The third-order valence-corrected chi connectivity index (χ3v) is 6.06.